The smallest absolute Gasteiger partial charge is 0.444 e. The molecule has 3 N–H and O–H groups in total. The predicted octanol–water partition coefficient (Wildman–Crippen LogP) is 5.82. The van der Waals surface area contributed by atoms with Gasteiger partial charge in [-0.25, -0.2) is 9.78 Å². The van der Waals surface area contributed by atoms with Crippen LogP contribution in [0, 0.1) is 17.2 Å². The number of alkyl halides is 3. The highest BCUT2D eigenvalue weighted by molar-refractivity contribution is 5.68. The van der Waals surface area contributed by atoms with Gasteiger partial charge in [0.2, 0.25) is 5.95 Å². The van der Waals surface area contributed by atoms with Crippen LogP contribution in [0.4, 0.5) is 29.7 Å². The van der Waals surface area contributed by atoms with Crippen LogP contribution in [0.3, 0.4) is 0 Å². The number of halogens is 3. The Labute approximate surface area is 250 Å². The highest BCUT2D eigenvalue weighted by atomic mass is 19.4. The van der Waals surface area contributed by atoms with Crippen molar-refractivity contribution in [1.29, 1.82) is 5.26 Å². The van der Waals surface area contributed by atoms with Crippen molar-refractivity contribution in [3.63, 3.8) is 0 Å². The number of para-hydroxylation sites is 1. The van der Waals surface area contributed by atoms with Crippen LogP contribution in [-0.2, 0) is 11.3 Å². The van der Waals surface area contributed by atoms with E-state index in [4.69, 9.17) is 4.74 Å². The van der Waals surface area contributed by atoms with E-state index in [1.54, 1.807) is 11.0 Å². The minimum Gasteiger partial charge on any atom is -0.444 e. The number of aromatic nitrogens is 2. The molecule has 2 heterocycles. The maximum Gasteiger partial charge on any atom is 0.573 e. The lowest BCUT2D eigenvalue weighted by Crippen LogP contribution is -2.49. The monoisotopic (exact) mass is 603 g/mol. The van der Waals surface area contributed by atoms with Gasteiger partial charge in [0.15, 0.2) is 0 Å². The molecule has 0 unspecified atom stereocenters. The van der Waals surface area contributed by atoms with Crippen LogP contribution in [-0.4, -0.2) is 64.6 Å². The first-order chi connectivity index (χ1) is 20.4. The van der Waals surface area contributed by atoms with Crippen molar-refractivity contribution in [3.8, 4) is 11.8 Å². The molecule has 1 aromatic carbocycles. The Balaban J connectivity index is 1.22. The summed E-state index contributed by atoms with van der Waals surface area (Å²) >= 11 is 0. The summed E-state index contributed by atoms with van der Waals surface area (Å²) in [6.45, 7) is 7.67. The first-order valence-corrected chi connectivity index (χ1v) is 14.7. The maximum absolute atomic E-state index is 12.7. The van der Waals surface area contributed by atoms with Gasteiger partial charge in [0, 0.05) is 43.8 Å². The number of piperidine rings is 1. The highest BCUT2D eigenvalue weighted by Crippen LogP contribution is 2.28. The standard InChI is InChI=1S/C30H40F3N7O3/c1-29(2,3)43-28(41)40-14-12-24(13-15-40)38-23-10-8-20(9-11-23)17-35-26-22(16-34)19-37-27(39-26)36-18-21-6-4-5-7-25(21)42-30(31,32)33/h4-7,19-20,23-24,38H,8-15,17-18H2,1-3H3,(H2,35,36,37,39). The number of carbonyl (C=O) groups excluding carboxylic acids is 1. The van der Waals surface area contributed by atoms with Crippen LogP contribution in [0.5, 0.6) is 5.75 Å². The van der Waals surface area contributed by atoms with Crippen molar-refractivity contribution in [2.24, 2.45) is 5.92 Å². The summed E-state index contributed by atoms with van der Waals surface area (Å²) in [6, 6.07) is 8.76. The van der Waals surface area contributed by atoms with Gasteiger partial charge in [-0.2, -0.15) is 10.2 Å². The third-order valence-corrected chi connectivity index (χ3v) is 7.57. The number of hydrogen-bond acceptors (Lipinski definition) is 9. The molecule has 1 saturated carbocycles. The number of likely N-dealkylation sites (tertiary alicyclic amines) is 1. The van der Waals surface area contributed by atoms with Gasteiger partial charge in [0.25, 0.3) is 0 Å². The predicted molar refractivity (Wildman–Crippen MR) is 155 cm³/mol. The summed E-state index contributed by atoms with van der Waals surface area (Å²) in [5.41, 5.74) is 0.0914. The second kappa shape index (κ2) is 14.1. The summed E-state index contributed by atoms with van der Waals surface area (Å²) in [5, 5.41) is 19.5. The normalized spacial score (nSPS) is 19.8. The van der Waals surface area contributed by atoms with Crippen LogP contribution in [0.2, 0.25) is 0 Å². The molecule has 1 saturated heterocycles. The fourth-order valence-electron chi connectivity index (χ4n) is 5.39. The topological polar surface area (TPSA) is 124 Å². The highest BCUT2D eigenvalue weighted by Gasteiger charge is 2.32. The molecule has 0 radical (unpaired) electrons. The van der Waals surface area contributed by atoms with Gasteiger partial charge in [0.05, 0.1) is 6.20 Å². The zero-order valence-electron chi connectivity index (χ0n) is 24.8. The number of amides is 1. The van der Waals surface area contributed by atoms with Gasteiger partial charge in [0.1, 0.15) is 28.8 Å². The van der Waals surface area contributed by atoms with Crippen molar-refractivity contribution >= 4 is 17.9 Å². The zero-order chi connectivity index (χ0) is 31.0. The Kier molecular flexibility index (Phi) is 10.6. The fourth-order valence-corrected chi connectivity index (χ4v) is 5.39. The summed E-state index contributed by atoms with van der Waals surface area (Å²) in [4.78, 5) is 22.7. The molecule has 10 nitrogen and oxygen atoms in total. The van der Waals surface area contributed by atoms with E-state index in [9.17, 15) is 23.2 Å². The Bertz CT molecular complexity index is 1260. The molecule has 0 bridgehead atoms. The van der Waals surface area contributed by atoms with Gasteiger partial charge in [-0.15, -0.1) is 13.2 Å². The number of benzene rings is 1. The van der Waals surface area contributed by atoms with E-state index in [1.165, 1.54) is 24.4 Å². The SMILES string of the molecule is CC(C)(C)OC(=O)N1CCC(NC2CCC(CNc3nc(NCc4ccccc4OC(F)(F)F)ncc3C#N)CC2)CC1. The van der Waals surface area contributed by atoms with E-state index in [-0.39, 0.29) is 24.3 Å². The molecule has 1 aliphatic carbocycles. The van der Waals surface area contributed by atoms with E-state index >= 15 is 0 Å². The number of nitrogens with zero attached hydrogens (tertiary/aromatic N) is 4. The van der Waals surface area contributed by atoms with Crippen molar-refractivity contribution in [1.82, 2.24) is 20.2 Å². The van der Waals surface area contributed by atoms with E-state index in [2.05, 4.69) is 36.7 Å². The molecule has 2 aromatic rings. The first kappa shape index (κ1) is 32.1. The van der Waals surface area contributed by atoms with Gasteiger partial charge < -0.3 is 30.3 Å². The number of ether oxygens (including phenoxy) is 2. The van der Waals surface area contributed by atoms with E-state index in [0.717, 1.165) is 38.5 Å². The van der Waals surface area contributed by atoms with Crippen LogP contribution >= 0.6 is 0 Å². The average Bonchev–Trinajstić information content (AvgIpc) is 2.95. The molecule has 43 heavy (non-hydrogen) atoms. The van der Waals surface area contributed by atoms with Crippen LogP contribution in [0.1, 0.15) is 70.4 Å². The molecule has 0 atom stereocenters. The number of hydrogen-bond donors (Lipinski definition) is 3. The maximum atomic E-state index is 12.7. The Morgan fingerprint density at radius 1 is 1.05 bits per heavy atom. The second-order valence-corrected chi connectivity index (χ2v) is 12.1. The number of nitriles is 1. The molecule has 1 aromatic heterocycles. The van der Waals surface area contributed by atoms with Crippen LogP contribution in [0.15, 0.2) is 30.5 Å². The minimum atomic E-state index is -4.80. The molecule has 4 rings (SSSR count). The molecule has 2 fully saturated rings. The Morgan fingerprint density at radius 3 is 2.37 bits per heavy atom. The lowest BCUT2D eigenvalue weighted by Gasteiger charge is -2.37. The molecule has 234 valence electrons. The summed E-state index contributed by atoms with van der Waals surface area (Å²) < 4.78 is 47.8. The molecule has 1 aliphatic heterocycles. The molecule has 13 heteroatoms. The van der Waals surface area contributed by atoms with E-state index < -0.39 is 12.0 Å². The average molecular weight is 604 g/mol. The van der Waals surface area contributed by atoms with Gasteiger partial charge in [-0.05, 0) is 71.3 Å². The van der Waals surface area contributed by atoms with E-state index in [1.807, 2.05) is 20.8 Å². The number of rotatable bonds is 9. The van der Waals surface area contributed by atoms with E-state index in [0.29, 0.717) is 54.6 Å². The van der Waals surface area contributed by atoms with Crippen molar-refractivity contribution in [3.05, 3.63) is 41.6 Å². The molecular weight excluding hydrogens is 563 g/mol. The van der Waals surface area contributed by atoms with Gasteiger partial charge >= 0.3 is 12.5 Å². The zero-order valence-corrected chi connectivity index (χ0v) is 24.8. The number of carbonyl (C=O) groups is 1. The summed E-state index contributed by atoms with van der Waals surface area (Å²) in [5.74, 6) is 0.688. The quantitative estimate of drug-likeness (QED) is 0.325. The second-order valence-electron chi connectivity index (χ2n) is 12.1. The van der Waals surface area contributed by atoms with Gasteiger partial charge in [-0.3, -0.25) is 0 Å². The summed E-state index contributed by atoms with van der Waals surface area (Å²) in [7, 11) is 0. The summed E-state index contributed by atoms with van der Waals surface area (Å²) in [6.07, 6.45) is 2.29. The third-order valence-electron chi connectivity index (χ3n) is 7.57. The molecule has 1 amide bonds. The molecular formula is C30H40F3N7O3. The largest absolute Gasteiger partial charge is 0.573 e. The molecule has 2 aliphatic rings. The number of nitrogens with one attached hydrogen (secondary N) is 3. The lowest BCUT2D eigenvalue weighted by molar-refractivity contribution is -0.274. The lowest BCUT2D eigenvalue weighted by atomic mass is 9.85. The Morgan fingerprint density at radius 2 is 1.72 bits per heavy atom. The number of anilines is 2. The fraction of sp³-hybridized carbons (Fsp3) is 0.600. The molecule has 0 spiro atoms. The third kappa shape index (κ3) is 10.2. The minimum absolute atomic E-state index is 0.00857. The van der Waals surface area contributed by atoms with Crippen LogP contribution < -0.4 is 20.7 Å². The first-order valence-electron chi connectivity index (χ1n) is 14.7. The van der Waals surface area contributed by atoms with Crippen LogP contribution in [0.25, 0.3) is 0 Å². The van der Waals surface area contributed by atoms with Gasteiger partial charge in [-0.1, -0.05) is 18.2 Å². The van der Waals surface area contributed by atoms with Crippen molar-refractivity contribution in [2.75, 3.05) is 30.3 Å². The van der Waals surface area contributed by atoms with Crippen molar-refractivity contribution in [2.45, 2.75) is 89.9 Å². The Hall–Kier alpha value is -3.79. The van der Waals surface area contributed by atoms with Crippen molar-refractivity contribution < 1.29 is 27.4 Å².